The van der Waals surface area contributed by atoms with Gasteiger partial charge in [-0.2, -0.15) is 5.10 Å². The Kier molecular flexibility index (Phi) is 7.33. The molecule has 1 atom stereocenters. The van der Waals surface area contributed by atoms with Crippen LogP contribution in [0.5, 0.6) is 11.5 Å². The maximum absolute atomic E-state index is 12.7. The van der Waals surface area contributed by atoms with E-state index in [0.717, 1.165) is 40.7 Å². The molecule has 1 saturated carbocycles. The molecule has 39 heavy (non-hydrogen) atoms. The number of hydrogen-bond donors (Lipinski definition) is 2. The first-order valence-corrected chi connectivity index (χ1v) is 14.3. The van der Waals surface area contributed by atoms with Crippen LogP contribution in [-0.4, -0.2) is 58.5 Å². The van der Waals surface area contributed by atoms with Crippen LogP contribution < -0.4 is 19.5 Å². The van der Waals surface area contributed by atoms with E-state index in [1.807, 2.05) is 43.3 Å². The fourth-order valence-corrected chi connectivity index (χ4v) is 5.99. The van der Waals surface area contributed by atoms with E-state index in [4.69, 9.17) is 14.6 Å². The standard InChI is InChI=1S/C29H32N4O5S/c1-18-15-22-16-26(37-3)27(38-4)17-25(22)28(31-33(18)29(34)30-2)21-7-5-19(6-8-21)20-9-13-24(14-10-20)39(35,36)32-23-11-12-23/h5-10,13-14,16-18,23,32H,11-12,15H2,1-4H3,(H,30,34). The second kappa shape index (κ2) is 10.7. The van der Waals surface area contributed by atoms with Crippen molar-refractivity contribution in [2.24, 2.45) is 5.10 Å². The zero-order chi connectivity index (χ0) is 27.7. The van der Waals surface area contributed by atoms with Gasteiger partial charge in [0, 0.05) is 24.2 Å². The average Bonchev–Trinajstić information content (AvgIpc) is 3.78. The number of urea groups is 1. The van der Waals surface area contributed by atoms with Crippen LogP contribution in [0, 0.1) is 0 Å². The van der Waals surface area contributed by atoms with E-state index < -0.39 is 10.0 Å². The molecule has 0 bridgehead atoms. The van der Waals surface area contributed by atoms with Gasteiger partial charge in [-0.3, -0.25) is 0 Å². The van der Waals surface area contributed by atoms with Gasteiger partial charge in [0.05, 0.1) is 30.9 Å². The number of fused-ring (bicyclic) bond motifs is 1. The van der Waals surface area contributed by atoms with E-state index in [1.165, 1.54) is 5.01 Å². The van der Waals surface area contributed by atoms with Gasteiger partial charge in [-0.25, -0.2) is 22.9 Å². The molecule has 2 aliphatic rings. The summed E-state index contributed by atoms with van der Waals surface area (Å²) < 4.78 is 38.8. The lowest BCUT2D eigenvalue weighted by atomic mass is 9.93. The third kappa shape index (κ3) is 5.48. The zero-order valence-corrected chi connectivity index (χ0v) is 23.2. The third-order valence-corrected chi connectivity index (χ3v) is 8.52. The van der Waals surface area contributed by atoms with Gasteiger partial charge in [-0.15, -0.1) is 0 Å². The van der Waals surface area contributed by atoms with Gasteiger partial charge >= 0.3 is 6.03 Å². The lowest BCUT2D eigenvalue weighted by molar-refractivity contribution is 0.184. The molecule has 2 N–H and O–H groups in total. The maximum atomic E-state index is 12.7. The van der Waals surface area contributed by atoms with Gasteiger partial charge in [-0.1, -0.05) is 36.4 Å². The molecule has 0 radical (unpaired) electrons. The average molecular weight is 549 g/mol. The monoisotopic (exact) mass is 548 g/mol. The Labute approximate surface area is 228 Å². The largest absolute Gasteiger partial charge is 0.493 e. The maximum Gasteiger partial charge on any atom is 0.337 e. The number of nitrogens with zero attached hydrogens (tertiary/aromatic N) is 2. The Morgan fingerprint density at radius 3 is 2.05 bits per heavy atom. The molecule has 1 aliphatic heterocycles. The van der Waals surface area contributed by atoms with Crippen LogP contribution in [0.1, 0.15) is 36.5 Å². The SMILES string of the molecule is CNC(=O)N1N=C(c2ccc(-c3ccc(S(=O)(=O)NC4CC4)cc3)cc2)c2cc(OC)c(OC)cc2CC1C. The first kappa shape index (κ1) is 26.7. The highest BCUT2D eigenvalue weighted by atomic mass is 32.2. The van der Waals surface area contributed by atoms with Crippen molar-refractivity contribution < 1.29 is 22.7 Å². The van der Waals surface area contributed by atoms with E-state index in [-0.39, 0.29) is 23.0 Å². The quantitative estimate of drug-likeness (QED) is 0.461. The molecule has 3 aromatic carbocycles. The summed E-state index contributed by atoms with van der Waals surface area (Å²) in [4.78, 5) is 13.0. The molecule has 10 heteroatoms. The summed E-state index contributed by atoms with van der Waals surface area (Å²) in [5, 5.41) is 8.96. The van der Waals surface area contributed by atoms with Crippen molar-refractivity contribution in [3.8, 4) is 22.6 Å². The number of carbonyl (C=O) groups is 1. The fourth-order valence-electron chi connectivity index (χ4n) is 4.68. The first-order chi connectivity index (χ1) is 18.7. The summed E-state index contributed by atoms with van der Waals surface area (Å²) >= 11 is 0. The smallest absolute Gasteiger partial charge is 0.337 e. The van der Waals surface area contributed by atoms with Crippen LogP contribution in [0.3, 0.4) is 0 Å². The number of rotatable bonds is 7. The second-order valence-electron chi connectivity index (χ2n) is 9.76. The molecule has 1 aliphatic carbocycles. The summed E-state index contributed by atoms with van der Waals surface area (Å²) in [5.74, 6) is 1.19. The Morgan fingerprint density at radius 1 is 0.923 bits per heavy atom. The minimum Gasteiger partial charge on any atom is -0.493 e. The number of hydrazone groups is 1. The van der Waals surface area contributed by atoms with Crippen LogP contribution in [0.15, 0.2) is 70.7 Å². The predicted octanol–water partition coefficient (Wildman–Crippen LogP) is 4.15. The van der Waals surface area contributed by atoms with Crippen LogP contribution in [0.2, 0.25) is 0 Å². The number of hydrogen-bond acceptors (Lipinski definition) is 6. The number of sulfonamides is 1. The Hall–Kier alpha value is -3.89. The van der Waals surface area contributed by atoms with Crippen molar-refractivity contribution in [3.05, 3.63) is 77.4 Å². The summed E-state index contributed by atoms with van der Waals surface area (Å²) in [6, 6.07) is 18.1. The van der Waals surface area contributed by atoms with Crippen LogP contribution in [-0.2, 0) is 16.4 Å². The van der Waals surface area contributed by atoms with Gasteiger partial charge in [0.25, 0.3) is 0 Å². The molecule has 0 spiro atoms. The molecule has 2 amide bonds. The number of methoxy groups -OCH3 is 2. The summed E-state index contributed by atoms with van der Waals surface area (Å²) in [6.45, 7) is 1.95. The number of ether oxygens (including phenoxy) is 2. The first-order valence-electron chi connectivity index (χ1n) is 12.8. The Morgan fingerprint density at radius 2 is 1.49 bits per heavy atom. The molecule has 1 heterocycles. The lowest BCUT2D eigenvalue weighted by Gasteiger charge is -2.22. The number of benzene rings is 3. The molecule has 1 unspecified atom stereocenters. The number of amides is 2. The summed E-state index contributed by atoms with van der Waals surface area (Å²) in [7, 11) is 1.27. The van der Waals surface area contributed by atoms with Crippen LogP contribution >= 0.6 is 0 Å². The second-order valence-corrected chi connectivity index (χ2v) is 11.5. The molecular formula is C29H32N4O5S. The normalized spacial score (nSPS) is 17.1. The topological polar surface area (TPSA) is 109 Å². The van der Waals surface area contributed by atoms with Gasteiger partial charge in [0.2, 0.25) is 10.0 Å². The summed E-state index contributed by atoms with van der Waals surface area (Å²) in [5.41, 5.74) is 5.13. The van der Waals surface area contributed by atoms with Gasteiger partial charge in [0.15, 0.2) is 11.5 Å². The Balaban J connectivity index is 1.51. The Bertz CT molecular complexity index is 1510. The van der Waals surface area contributed by atoms with E-state index in [2.05, 4.69) is 10.0 Å². The molecule has 1 fully saturated rings. The number of carbonyl (C=O) groups excluding carboxylic acids is 1. The van der Waals surface area contributed by atoms with Gasteiger partial charge in [-0.05, 0) is 67.1 Å². The van der Waals surface area contributed by atoms with Crippen molar-refractivity contribution >= 4 is 21.8 Å². The molecule has 9 nitrogen and oxygen atoms in total. The molecule has 5 rings (SSSR count). The molecule has 3 aromatic rings. The fraction of sp³-hybridized carbons (Fsp3) is 0.310. The lowest BCUT2D eigenvalue weighted by Crippen LogP contribution is -2.41. The van der Waals surface area contributed by atoms with E-state index in [1.54, 1.807) is 45.5 Å². The van der Waals surface area contributed by atoms with Crippen molar-refractivity contribution in [1.29, 1.82) is 0 Å². The molecule has 0 aromatic heterocycles. The predicted molar refractivity (Wildman–Crippen MR) is 150 cm³/mol. The zero-order valence-electron chi connectivity index (χ0n) is 22.4. The minimum atomic E-state index is -3.50. The highest BCUT2D eigenvalue weighted by molar-refractivity contribution is 7.89. The minimum absolute atomic E-state index is 0.0580. The van der Waals surface area contributed by atoms with Crippen molar-refractivity contribution in [3.63, 3.8) is 0 Å². The van der Waals surface area contributed by atoms with Gasteiger partial charge < -0.3 is 14.8 Å². The van der Waals surface area contributed by atoms with Crippen LogP contribution in [0.25, 0.3) is 11.1 Å². The third-order valence-electron chi connectivity index (χ3n) is 6.98. The van der Waals surface area contributed by atoms with E-state index in [0.29, 0.717) is 23.6 Å². The van der Waals surface area contributed by atoms with E-state index >= 15 is 0 Å². The van der Waals surface area contributed by atoms with Gasteiger partial charge in [0.1, 0.15) is 0 Å². The van der Waals surface area contributed by atoms with Crippen molar-refractivity contribution in [1.82, 2.24) is 15.0 Å². The highest BCUT2D eigenvalue weighted by Gasteiger charge is 2.29. The molecule has 204 valence electrons. The highest BCUT2D eigenvalue weighted by Crippen LogP contribution is 2.35. The van der Waals surface area contributed by atoms with Crippen molar-refractivity contribution in [2.45, 2.75) is 43.2 Å². The number of nitrogens with one attached hydrogen (secondary N) is 2. The molecular weight excluding hydrogens is 516 g/mol. The summed E-state index contributed by atoms with van der Waals surface area (Å²) in [6.07, 6.45) is 2.36. The van der Waals surface area contributed by atoms with Crippen molar-refractivity contribution in [2.75, 3.05) is 21.3 Å². The van der Waals surface area contributed by atoms with Crippen LogP contribution in [0.4, 0.5) is 4.79 Å². The van der Waals surface area contributed by atoms with E-state index in [9.17, 15) is 13.2 Å². The molecule has 0 saturated heterocycles.